The number of aryl methyl sites for hydroxylation is 1. The summed E-state index contributed by atoms with van der Waals surface area (Å²) in [5.74, 6) is 0.942. The number of furan rings is 1. The maximum Gasteiger partial charge on any atom is 0.137 e. The van der Waals surface area contributed by atoms with E-state index in [0.717, 1.165) is 44.1 Å². The molecule has 0 aliphatic rings. The zero-order chi connectivity index (χ0) is 20.5. The maximum atomic E-state index is 11.0. The first-order chi connectivity index (χ1) is 13.4. The molecular weight excluding hydrogens is 348 g/mol. The number of phenols is 2. The molecule has 0 saturated heterocycles. The third-order valence-corrected chi connectivity index (χ3v) is 5.03. The van der Waals surface area contributed by atoms with E-state index in [-0.39, 0.29) is 11.5 Å². The van der Waals surface area contributed by atoms with E-state index in [1.807, 2.05) is 12.1 Å². The highest BCUT2D eigenvalue weighted by atomic mass is 16.3. The first kappa shape index (κ1) is 21.9. The van der Waals surface area contributed by atoms with Gasteiger partial charge in [0.25, 0.3) is 0 Å². The molecule has 0 amide bonds. The zero-order valence-corrected chi connectivity index (χ0v) is 17.7. The molecule has 0 unspecified atom stereocenters. The Balaban J connectivity index is 2.30. The zero-order valence-electron chi connectivity index (χ0n) is 17.7. The smallest absolute Gasteiger partial charge is 0.137 e. The average Bonchev–Trinajstić information content (AvgIpc) is 3.15. The van der Waals surface area contributed by atoms with Crippen molar-refractivity contribution < 1.29 is 14.6 Å². The van der Waals surface area contributed by atoms with Gasteiger partial charge >= 0.3 is 0 Å². The Morgan fingerprint density at radius 1 is 1.11 bits per heavy atom. The maximum absolute atomic E-state index is 11.0. The Morgan fingerprint density at radius 3 is 2.54 bits per heavy atom. The van der Waals surface area contributed by atoms with Gasteiger partial charge in [-0.2, -0.15) is 0 Å². The molecule has 0 fully saturated rings. The fraction of sp³-hybridized carbons (Fsp3) is 0.440. The quantitative estimate of drug-likeness (QED) is 0.334. The normalized spacial score (nSPS) is 11.6. The van der Waals surface area contributed by atoms with Gasteiger partial charge < -0.3 is 14.6 Å². The second-order valence-electron chi connectivity index (χ2n) is 7.77. The molecule has 0 radical (unpaired) electrons. The van der Waals surface area contributed by atoms with Crippen LogP contribution in [-0.4, -0.2) is 10.2 Å². The van der Waals surface area contributed by atoms with Gasteiger partial charge in [-0.3, -0.25) is 0 Å². The van der Waals surface area contributed by atoms with Crippen molar-refractivity contribution >= 4 is 0 Å². The third-order valence-electron chi connectivity index (χ3n) is 5.03. The molecule has 0 bridgehead atoms. The molecule has 3 nitrogen and oxygen atoms in total. The second-order valence-corrected chi connectivity index (χ2v) is 7.77. The lowest BCUT2D eigenvalue weighted by atomic mass is 9.93. The van der Waals surface area contributed by atoms with Crippen LogP contribution in [0.2, 0.25) is 0 Å². The van der Waals surface area contributed by atoms with Crippen LogP contribution in [0, 0.1) is 0 Å². The summed E-state index contributed by atoms with van der Waals surface area (Å²) in [6.45, 7) is 8.47. The summed E-state index contributed by atoms with van der Waals surface area (Å²) in [6, 6.07) is 5.49. The van der Waals surface area contributed by atoms with Crippen LogP contribution in [-0.2, 0) is 12.8 Å². The minimum atomic E-state index is 0.134. The molecule has 0 saturated carbocycles. The van der Waals surface area contributed by atoms with Gasteiger partial charge in [-0.1, -0.05) is 43.1 Å². The number of aromatic hydroxyl groups is 2. The molecule has 0 aliphatic heterocycles. The van der Waals surface area contributed by atoms with Crippen LogP contribution in [0.4, 0.5) is 0 Å². The van der Waals surface area contributed by atoms with Gasteiger partial charge in [-0.15, -0.1) is 0 Å². The Hall–Kier alpha value is -2.42. The van der Waals surface area contributed by atoms with Crippen LogP contribution in [0.5, 0.6) is 11.5 Å². The summed E-state index contributed by atoms with van der Waals surface area (Å²) in [5.41, 5.74) is 4.79. The number of allylic oxidation sites excluding steroid dienone is 4. The number of rotatable bonds is 10. The lowest BCUT2D eigenvalue weighted by Crippen LogP contribution is -1.96. The molecule has 1 aromatic carbocycles. The number of benzene rings is 1. The Bertz CT molecular complexity index is 807. The number of unbranched alkanes of at least 4 members (excludes halogenated alkanes) is 2. The van der Waals surface area contributed by atoms with Crippen LogP contribution in [0.15, 0.2) is 52.2 Å². The molecule has 28 heavy (non-hydrogen) atoms. The molecule has 152 valence electrons. The summed E-state index contributed by atoms with van der Waals surface area (Å²) in [7, 11) is 0. The fourth-order valence-electron chi connectivity index (χ4n) is 3.38. The summed E-state index contributed by atoms with van der Waals surface area (Å²) in [4.78, 5) is 0. The minimum Gasteiger partial charge on any atom is -0.508 e. The van der Waals surface area contributed by atoms with E-state index in [1.165, 1.54) is 11.1 Å². The first-order valence-electron chi connectivity index (χ1n) is 10.3. The number of hydrogen-bond acceptors (Lipinski definition) is 3. The summed E-state index contributed by atoms with van der Waals surface area (Å²) in [5, 5.41) is 21.6. The number of hydrogen-bond donors (Lipinski definition) is 2. The van der Waals surface area contributed by atoms with Gasteiger partial charge in [0.05, 0.1) is 11.8 Å². The molecule has 2 aromatic rings. The van der Waals surface area contributed by atoms with Gasteiger partial charge in [-0.05, 0) is 76.6 Å². The average molecular weight is 383 g/mol. The predicted octanol–water partition coefficient (Wildman–Crippen LogP) is 7.33. The molecule has 3 heteroatoms. The van der Waals surface area contributed by atoms with E-state index < -0.39 is 0 Å². The molecule has 1 aromatic heterocycles. The van der Waals surface area contributed by atoms with Crippen LogP contribution >= 0.6 is 0 Å². The largest absolute Gasteiger partial charge is 0.508 e. The van der Waals surface area contributed by atoms with Gasteiger partial charge in [0.1, 0.15) is 17.3 Å². The highest BCUT2D eigenvalue weighted by Crippen LogP contribution is 2.41. The second kappa shape index (κ2) is 10.8. The Labute approximate surface area is 169 Å². The third kappa shape index (κ3) is 6.05. The standard InChI is InChI=1S/C25H34O3/c1-5-6-7-12-20-17-22(26)21(15-14-19(4)11-8-10-18(2)3)25(27)24(20)23-13-9-16-28-23/h9-10,13-14,16-17,26-27H,5-8,11-12,15H2,1-4H3. The van der Waals surface area contributed by atoms with E-state index in [1.54, 1.807) is 12.3 Å². The summed E-state index contributed by atoms with van der Waals surface area (Å²) >= 11 is 0. The molecular formula is C25H34O3. The first-order valence-corrected chi connectivity index (χ1v) is 10.3. The molecule has 1 heterocycles. The highest BCUT2D eigenvalue weighted by molar-refractivity contribution is 5.74. The number of phenolic OH excluding ortho intramolecular Hbond substituents is 2. The molecule has 0 aliphatic carbocycles. The van der Waals surface area contributed by atoms with Gasteiger partial charge in [0.15, 0.2) is 0 Å². The summed E-state index contributed by atoms with van der Waals surface area (Å²) < 4.78 is 5.58. The van der Waals surface area contributed by atoms with Crippen LogP contribution in [0.1, 0.15) is 70.9 Å². The van der Waals surface area contributed by atoms with Crippen LogP contribution < -0.4 is 0 Å². The van der Waals surface area contributed by atoms with Crippen molar-refractivity contribution in [2.75, 3.05) is 0 Å². The molecule has 2 N–H and O–H groups in total. The molecule has 0 spiro atoms. The Morgan fingerprint density at radius 2 is 1.89 bits per heavy atom. The van der Waals surface area contributed by atoms with Crippen LogP contribution in [0.3, 0.4) is 0 Å². The predicted molar refractivity (Wildman–Crippen MR) is 117 cm³/mol. The van der Waals surface area contributed by atoms with Crippen molar-refractivity contribution in [3.05, 3.63) is 58.9 Å². The Kier molecular flexibility index (Phi) is 8.43. The van der Waals surface area contributed by atoms with Gasteiger partial charge in [0.2, 0.25) is 0 Å². The SMILES string of the molecule is CCCCCc1cc(O)c(CC=C(C)CCC=C(C)C)c(O)c1-c1ccco1. The highest BCUT2D eigenvalue weighted by Gasteiger charge is 2.19. The van der Waals surface area contributed by atoms with Crippen molar-refractivity contribution in [2.24, 2.45) is 0 Å². The van der Waals surface area contributed by atoms with Crippen molar-refractivity contribution in [1.82, 2.24) is 0 Å². The minimum absolute atomic E-state index is 0.134. The lowest BCUT2D eigenvalue weighted by Gasteiger charge is -2.15. The van der Waals surface area contributed by atoms with Crippen molar-refractivity contribution in [3.8, 4) is 22.8 Å². The van der Waals surface area contributed by atoms with E-state index in [9.17, 15) is 10.2 Å². The monoisotopic (exact) mass is 382 g/mol. The van der Waals surface area contributed by atoms with Gasteiger partial charge in [0, 0.05) is 5.56 Å². The van der Waals surface area contributed by atoms with Crippen molar-refractivity contribution in [1.29, 1.82) is 0 Å². The van der Waals surface area contributed by atoms with E-state index in [4.69, 9.17) is 4.42 Å². The lowest BCUT2D eigenvalue weighted by molar-refractivity contribution is 0.439. The van der Waals surface area contributed by atoms with Crippen molar-refractivity contribution in [2.45, 2.75) is 72.6 Å². The fourth-order valence-corrected chi connectivity index (χ4v) is 3.38. The van der Waals surface area contributed by atoms with Crippen molar-refractivity contribution in [3.63, 3.8) is 0 Å². The van der Waals surface area contributed by atoms with E-state index in [0.29, 0.717) is 23.3 Å². The van der Waals surface area contributed by atoms with Crippen LogP contribution in [0.25, 0.3) is 11.3 Å². The topological polar surface area (TPSA) is 53.6 Å². The molecule has 0 atom stereocenters. The molecule has 2 rings (SSSR count). The van der Waals surface area contributed by atoms with E-state index >= 15 is 0 Å². The van der Waals surface area contributed by atoms with E-state index in [2.05, 4.69) is 39.8 Å². The van der Waals surface area contributed by atoms with Gasteiger partial charge in [-0.25, -0.2) is 0 Å². The summed E-state index contributed by atoms with van der Waals surface area (Å²) in [6.07, 6.45) is 12.5.